The molecule has 0 amide bonds. The molecule has 166 valence electrons. The van der Waals surface area contributed by atoms with Gasteiger partial charge in [0.2, 0.25) is 0 Å². The molecule has 2 rings (SSSR count). The summed E-state index contributed by atoms with van der Waals surface area (Å²) in [7, 11) is 1.37. The molecular weight excluding hydrogens is 400 g/mol. The number of esters is 2. The minimum atomic E-state index is -1.61. The van der Waals surface area contributed by atoms with Crippen LogP contribution in [-0.2, 0) is 30.2 Å². The number of hydrogen-bond donors (Lipinski definition) is 4. The van der Waals surface area contributed by atoms with Crippen molar-refractivity contribution < 1.29 is 49.0 Å². The van der Waals surface area contributed by atoms with Gasteiger partial charge in [-0.05, 0) is 42.7 Å². The van der Waals surface area contributed by atoms with Crippen molar-refractivity contribution in [3.8, 4) is 11.5 Å². The van der Waals surface area contributed by atoms with E-state index in [-0.39, 0.29) is 24.5 Å². The van der Waals surface area contributed by atoms with Crippen molar-refractivity contribution in [3.63, 3.8) is 0 Å². The second-order valence-corrected chi connectivity index (χ2v) is 6.73. The normalized spacial score (nSPS) is 26.4. The highest BCUT2D eigenvalue weighted by molar-refractivity contribution is 5.87. The van der Waals surface area contributed by atoms with Crippen molar-refractivity contribution >= 4 is 18.0 Å². The lowest BCUT2D eigenvalue weighted by molar-refractivity contribution is -0.284. The van der Waals surface area contributed by atoms with Crippen LogP contribution in [0.5, 0.6) is 11.5 Å². The number of rotatable bonds is 7. The molecule has 1 saturated heterocycles. The number of carbonyl (C=O) groups excluding carboxylic acids is 2. The lowest BCUT2D eigenvalue weighted by Crippen LogP contribution is -2.59. The van der Waals surface area contributed by atoms with Crippen molar-refractivity contribution in [2.24, 2.45) is 0 Å². The first-order valence-electron chi connectivity index (χ1n) is 9.26. The number of benzene rings is 1. The number of methoxy groups -OCH3 is 1. The fourth-order valence-corrected chi connectivity index (χ4v) is 3.07. The van der Waals surface area contributed by atoms with Crippen molar-refractivity contribution in [1.29, 1.82) is 0 Å². The molecule has 1 aromatic carbocycles. The van der Waals surface area contributed by atoms with E-state index >= 15 is 0 Å². The third kappa shape index (κ3) is 5.70. The summed E-state index contributed by atoms with van der Waals surface area (Å²) in [6.45, 7) is 2.42. The van der Waals surface area contributed by atoms with Crippen LogP contribution in [0.25, 0.3) is 6.08 Å². The summed E-state index contributed by atoms with van der Waals surface area (Å²) in [5.41, 5.74) is 1.05. The van der Waals surface area contributed by atoms with Gasteiger partial charge < -0.3 is 39.4 Å². The Bertz CT molecular complexity index is 790. The van der Waals surface area contributed by atoms with E-state index in [9.17, 15) is 30.0 Å². The van der Waals surface area contributed by atoms with Crippen LogP contribution in [0.1, 0.15) is 25.0 Å². The molecule has 1 fully saturated rings. The Morgan fingerprint density at radius 3 is 2.50 bits per heavy atom. The number of aliphatic hydroxyl groups is 3. The summed E-state index contributed by atoms with van der Waals surface area (Å²) in [5, 5.41) is 39.4. The second-order valence-electron chi connectivity index (χ2n) is 6.73. The first-order chi connectivity index (χ1) is 14.2. The van der Waals surface area contributed by atoms with Gasteiger partial charge in [-0.1, -0.05) is 0 Å². The van der Waals surface area contributed by atoms with Crippen LogP contribution in [0.4, 0.5) is 0 Å². The zero-order valence-electron chi connectivity index (χ0n) is 16.8. The molecule has 1 aromatic rings. The molecule has 0 spiro atoms. The Morgan fingerprint density at radius 2 is 1.90 bits per heavy atom. The van der Waals surface area contributed by atoms with Crippen LogP contribution in [0, 0.1) is 0 Å². The topological polar surface area (TPSA) is 152 Å². The lowest BCUT2D eigenvalue weighted by atomic mass is 9.99. The van der Waals surface area contributed by atoms with E-state index in [1.165, 1.54) is 32.2 Å². The van der Waals surface area contributed by atoms with Crippen molar-refractivity contribution in [1.82, 2.24) is 0 Å². The summed E-state index contributed by atoms with van der Waals surface area (Å²) in [5.74, 6) is -1.56. The predicted molar refractivity (Wildman–Crippen MR) is 102 cm³/mol. The second kappa shape index (κ2) is 10.4. The standard InChI is InChI=1S/C20H26O10/c1-10-17(25)18(29-11(2)22)19(20(26)28-10)30-16(24)5-4-12-9-15(27-3)14(23)8-13(12)6-7-21/h4-5,8-10,17-21,23,25-26H,6-7H2,1-3H3/t10-,17+,18-,19-,20-/m1/s1. The minimum absolute atomic E-state index is 0.115. The van der Waals surface area contributed by atoms with Gasteiger partial charge >= 0.3 is 11.9 Å². The number of phenolic OH excluding ortho intramolecular Hbond substituents is 1. The van der Waals surface area contributed by atoms with E-state index in [2.05, 4.69) is 0 Å². The van der Waals surface area contributed by atoms with Crippen LogP contribution in [-0.4, -0.2) is 76.8 Å². The highest BCUT2D eigenvalue weighted by atomic mass is 16.7. The molecule has 0 bridgehead atoms. The van der Waals surface area contributed by atoms with Crippen molar-refractivity contribution in [2.45, 2.75) is 51.0 Å². The summed E-state index contributed by atoms with van der Waals surface area (Å²) in [6, 6.07) is 2.89. The number of phenols is 1. The highest BCUT2D eigenvalue weighted by Gasteiger charge is 2.47. The number of hydrogen-bond acceptors (Lipinski definition) is 10. The molecule has 1 aliphatic rings. The van der Waals surface area contributed by atoms with E-state index in [1.54, 1.807) is 0 Å². The molecule has 0 saturated carbocycles. The first kappa shape index (κ1) is 23.6. The summed E-state index contributed by atoms with van der Waals surface area (Å²) in [4.78, 5) is 23.6. The number of aliphatic hydroxyl groups excluding tert-OH is 3. The molecule has 1 heterocycles. The Morgan fingerprint density at radius 1 is 1.20 bits per heavy atom. The molecule has 4 N–H and O–H groups in total. The van der Waals surface area contributed by atoms with Crippen LogP contribution < -0.4 is 4.74 Å². The Labute approximate surface area is 173 Å². The van der Waals surface area contributed by atoms with Gasteiger partial charge in [0, 0.05) is 19.6 Å². The lowest BCUT2D eigenvalue weighted by Gasteiger charge is -2.40. The maximum absolute atomic E-state index is 12.3. The van der Waals surface area contributed by atoms with Gasteiger partial charge in [0.25, 0.3) is 0 Å². The summed E-state index contributed by atoms with van der Waals surface area (Å²) < 4.78 is 20.3. The van der Waals surface area contributed by atoms with Crippen molar-refractivity contribution in [2.75, 3.05) is 13.7 Å². The number of aromatic hydroxyl groups is 1. The zero-order valence-corrected chi connectivity index (χ0v) is 16.8. The monoisotopic (exact) mass is 426 g/mol. The minimum Gasteiger partial charge on any atom is -0.504 e. The van der Waals surface area contributed by atoms with Gasteiger partial charge in [-0.2, -0.15) is 0 Å². The zero-order chi connectivity index (χ0) is 22.4. The Hall–Kier alpha value is -2.66. The molecule has 30 heavy (non-hydrogen) atoms. The fourth-order valence-electron chi connectivity index (χ4n) is 3.07. The molecule has 0 aromatic heterocycles. The Balaban J connectivity index is 2.20. The third-order valence-corrected chi connectivity index (χ3v) is 4.55. The average molecular weight is 426 g/mol. The van der Waals surface area contributed by atoms with E-state index in [4.69, 9.17) is 18.9 Å². The Kier molecular flexibility index (Phi) is 8.18. The van der Waals surface area contributed by atoms with Gasteiger partial charge in [-0.25, -0.2) is 4.79 Å². The van der Waals surface area contributed by atoms with E-state index in [1.807, 2.05) is 0 Å². The smallest absolute Gasteiger partial charge is 0.331 e. The van der Waals surface area contributed by atoms with Crippen molar-refractivity contribution in [3.05, 3.63) is 29.3 Å². The fraction of sp³-hybridized carbons (Fsp3) is 0.500. The molecule has 10 nitrogen and oxygen atoms in total. The average Bonchev–Trinajstić information content (AvgIpc) is 2.68. The van der Waals surface area contributed by atoms with E-state index in [0.29, 0.717) is 11.1 Å². The SMILES string of the molecule is COc1cc(C=CC(=O)O[C@@H]2[C@H](OC(C)=O)[C@@H](O)[C@@H](C)O[C@H]2O)c(CCO)cc1O. The highest BCUT2D eigenvalue weighted by Crippen LogP contribution is 2.31. The maximum Gasteiger partial charge on any atom is 0.331 e. The van der Waals surface area contributed by atoms with Gasteiger partial charge in [0.1, 0.15) is 6.10 Å². The van der Waals surface area contributed by atoms with E-state index < -0.39 is 42.6 Å². The third-order valence-electron chi connectivity index (χ3n) is 4.55. The summed E-state index contributed by atoms with van der Waals surface area (Å²) >= 11 is 0. The molecule has 0 unspecified atom stereocenters. The molecule has 0 radical (unpaired) electrons. The number of ether oxygens (including phenoxy) is 4. The van der Waals surface area contributed by atoms with Crippen LogP contribution >= 0.6 is 0 Å². The first-order valence-corrected chi connectivity index (χ1v) is 9.26. The van der Waals surface area contributed by atoms with Crippen LogP contribution in [0.2, 0.25) is 0 Å². The van der Waals surface area contributed by atoms with Crippen LogP contribution in [0.3, 0.4) is 0 Å². The van der Waals surface area contributed by atoms with Gasteiger partial charge in [-0.3, -0.25) is 4.79 Å². The largest absolute Gasteiger partial charge is 0.504 e. The van der Waals surface area contributed by atoms with Gasteiger partial charge in [0.15, 0.2) is 30.0 Å². The molecule has 1 aliphatic heterocycles. The quantitative estimate of drug-likeness (QED) is 0.343. The molecule has 5 atom stereocenters. The van der Waals surface area contributed by atoms with Gasteiger partial charge in [0.05, 0.1) is 13.2 Å². The molecular formula is C20H26O10. The van der Waals surface area contributed by atoms with E-state index in [0.717, 1.165) is 13.0 Å². The number of carbonyl (C=O) groups is 2. The predicted octanol–water partition coefficient (Wildman–Crippen LogP) is -0.110. The summed E-state index contributed by atoms with van der Waals surface area (Å²) in [6.07, 6.45) is -3.86. The van der Waals surface area contributed by atoms with Crippen LogP contribution in [0.15, 0.2) is 18.2 Å². The van der Waals surface area contributed by atoms with Gasteiger partial charge in [-0.15, -0.1) is 0 Å². The molecule has 0 aliphatic carbocycles. The molecule has 10 heteroatoms. The maximum atomic E-state index is 12.3.